The van der Waals surface area contributed by atoms with Gasteiger partial charge in [-0.25, -0.2) is 0 Å². The first-order chi connectivity index (χ1) is 11.5. The van der Waals surface area contributed by atoms with Crippen LogP contribution < -0.4 is 0 Å². The quantitative estimate of drug-likeness (QED) is 0.436. The molecule has 2 heterocycles. The lowest BCUT2D eigenvalue weighted by Gasteiger charge is -2.35. The van der Waals surface area contributed by atoms with Gasteiger partial charge in [-0.1, -0.05) is 55.4 Å². The maximum absolute atomic E-state index is 6.68. The second-order valence-corrected chi connectivity index (χ2v) is 10.9. The summed E-state index contributed by atoms with van der Waals surface area (Å²) in [5.41, 5.74) is 0.570. The van der Waals surface area contributed by atoms with Gasteiger partial charge in [-0.2, -0.15) is 0 Å². The Kier molecular flexibility index (Phi) is 7.01. The Labute approximate surface area is 156 Å². The zero-order valence-corrected chi connectivity index (χ0v) is 17.9. The van der Waals surface area contributed by atoms with Crippen molar-refractivity contribution in [3.05, 3.63) is 0 Å². The Hall–Kier alpha value is -0.120. The van der Waals surface area contributed by atoms with E-state index < -0.39 is 0 Å². The zero-order valence-electron chi connectivity index (χ0n) is 17.9. The van der Waals surface area contributed by atoms with Gasteiger partial charge in [-0.15, -0.1) is 0 Å². The van der Waals surface area contributed by atoms with E-state index in [0.29, 0.717) is 24.0 Å². The van der Waals surface area contributed by atoms with Crippen LogP contribution in [0.25, 0.3) is 0 Å². The molecule has 0 N–H and O–H groups in total. The monoisotopic (exact) mass is 354 g/mol. The topological polar surface area (TPSA) is 34.3 Å². The molecule has 2 aliphatic rings. The van der Waals surface area contributed by atoms with Gasteiger partial charge < -0.3 is 14.2 Å². The minimum Gasteiger partial charge on any atom is -0.370 e. The summed E-state index contributed by atoms with van der Waals surface area (Å²) < 4.78 is 18.0. The second kappa shape index (κ2) is 8.27. The van der Waals surface area contributed by atoms with E-state index in [4.69, 9.17) is 14.2 Å². The lowest BCUT2D eigenvalue weighted by atomic mass is 9.78. The fourth-order valence-electron chi connectivity index (χ4n) is 4.77. The zero-order chi connectivity index (χ0) is 18.8. The molecule has 0 aromatic rings. The molecule has 2 rings (SSSR count). The van der Waals surface area contributed by atoms with Gasteiger partial charge in [0.25, 0.3) is 0 Å². The van der Waals surface area contributed by atoms with Crippen molar-refractivity contribution in [3.63, 3.8) is 0 Å². The van der Waals surface area contributed by atoms with E-state index >= 15 is 0 Å². The van der Waals surface area contributed by atoms with Crippen LogP contribution in [0, 0.1) is 22.7 Å². The maximum Gasteiger partial charge on any atom is 0.107 e. The van der Waals surface area contributed by atoms with Crippen LogP contribution in [-0.4, -0.2) is 37.6 Å². The normalized spacial score (nSPS) is 26.2. The third-order valence-electron chi connectivity index (χ3n) is 5.33. The molecule has 4 unspecified atom stereocenters. The van der Waals surface area contributed by atoms with Crippen molar-refractivity contribution in [3.8, 4) is 0 Å². The van der Waals surface area contributed by atoms with E-state index in [1.54, 1.807) is 0 Å². The first-order valence-electron chi connectivity index (χ1n) is 10.4. The first kappa shape index (κ1) is 21.2. The highest BCUT2D eigenvalue weighted by Gasteiger charge is 2.44. The van der Waals surface area contributed by atoms with Gasteiger partial charge in [-0.3, -0.25) is 0 Å². The molecule has 4 atom stereocenters. The van der Waals surface area contributed by atoms with Crippen molar-refractivity contribution in [2.45, 2.75) is 105 Å². The summed E-state index contributed by atoms with van der Waals surface area (Å²) in [4.78, 5) is 0. The summed E-state index contributed by atoms with van der Waals surface area (Å²) in [6.07, 6.45) is 5.59. The summed E-state index contributed by atoms with van der Waals surface area (Å²) in [7, 11) is 0. The minimum absolute atomic E-state index is 0.206. The number of hydrogen-bond acceptors (Lipinski definition) is 3. The van der Waals surface area contributed by atoms with Crippen LogP contribution in [0.4, 0.5) is 0 Å². The molecule has 0 spiro atoms. The van der Waals surface area contributed by atoms with Gasteiger partial charge in [0.1, 0.15) is 12.2 Å². The predicted molar refractivity (Wildman–Crippen MR) is 104 cm³/mol. The molecule has 0 saturated carbocycles. The molecule has 148 valence electrons. The average Bonchev–Trinajstić information content (AvgIpc) is 3.25. The van der Waals surface area contributed by atoms with Crippen LogP contribution in [-0.2, 0) is 14.2 Å². The molecule has 0 bridgehead atoms. The van der Waals surface area contributed by atoms with E-state index in [9.17, 15) is 0 Å². The van der Waals surface area contributed by atoms with E-state index in [1.165, 1.54) is 12.8 Å². The van der Waals surface area contributed by atoms with E-state index in [1.807, 2.05) is 0 Å². The van der Waals surface area contributed by atoms with Gasteiger partial charge in [0.05, 0.1) is 25.4 Å². The van der Waals surface area contributed by atoms with Gasteiger partial charge in [0.15, 0.2) is 0 Å². The third-order valence-corrected chi connectivity index (χ3v) is 5.33. The largest absolute Gasteiger partial charge is 0.370 e. The Morgan fingerprint density at radius 3 is 1.28 bits per heavy atom. The van der Waals surface area contributed by atoms with Crippen LogP contribution in [0.1, 0.15) is 81.1 Å². The average molecular weight is 355 g/mol. The number of ether oxygens (including phenoxy) is 3. The fraction of sp³-hybridized carbons (Fsp3) is 1.00. The highest BCUT2D eigenvalue weighted by molar-refractivity contribution is 4.91. The van der Waals surface area contributed by atoms with Crippen LogP contribution in [0.2, 0.25) is 0 Å². The molecule has 0 radical (unpaired) electrons. The van der Waals surface area contributed by atoms with Crippen LogP contribution in [0.15, 0.2) is 0 Å². The Morgan fingerprint density at radius 1 is 0.720 bits per heavy atom. The molecule has 2 fully saturated rings. The Bertz CT molecular complexity index is 367. The highest BCUT2D eigenvalue weighted by atomic mass is 16.6. The molecule has 2 saturated heterocycles. The third kappa shape index (κ3) is 7.97. The molecule has 3 heteroatoms. The maximum atomic E-state index is 6.68. The van der Waals surface area contributed by atoms with Crippen molar-refractivity contribution >= 4 is 0 Å². The SMILES string of the molecule is CC(C)CC(C)(C)CC(OC(CC(C)(C)CC(C)C)C1CO1)C1CO1. The van der Waals surface area contributed by atoms with Crippen molar-refractivity contribution in [2.24, 2.45) is 22.7 Å². The van der Waals surface area contributed by atoms with Crippen LogP contribution >= 0.6 is 0 Å². The summed E-state index contributed by atoms with van der Waals surface area (Å²) in [5, 5.41) is 0. The lowest BCUT2D eigenvalue weighted by molar-refractivity contribution is -0.0741. The summed E-state index contributed by atoms with van der Waals surface area (Å²) >= 11 is 0. The van der Waals surface area contributed by atoms with Crippen molar-refractivity contribution in [2.75, 3.05) is 13.2 Å². The summed E-state index contributed by atoms with van der Waals surface area (Å²) in [5.74, 6) is 1.42. The van der Waals surface area contributed by atoms with Crippen LogP contribution in [0.5, 0.6) is 0 Å². The molecular formula is C22H42O3. The first-order valence-corrected chi connectivity index (χ1v) is 10.4. The molecule has 25 heavy (non-hydrogen) atoms. The fourth-order valence-corrected chi connectivity index (χ4v) is 4.77. The smallest absolute Gasteiger partial charge is 0.107 e. The van der Waals surface area contributed by atoms with E-state index in [-0.39, 0.29) is 23.0 Å². The standard InChI is InChI=1S/C22H42O3/c1-15(2)9-21(5,6)11-17(19-13-23-19)25-18(20-14-24-20)12-22(7,8)10-16(3)4/h15-20H,9-14H2,1-8H3. The minimum atomic E-state index is 0.206. The summed E-state index contributed by atoms with van der Waals surface area (Å²) in [6.45, 7) is 20.4. The lowest BCUT2D eigenvalue weighted by Crippen LogP contribution is -2.37. The molecular weight excluding hydrogens is 312 g/mol. The predicted octanol–water partition coefficient (Wildman–Crippen LogP) is 5.46. The van der Waals surface area contributed by atoms with E-state index in [0.717, 1.165) is 26.1 Å². The van der Waals surface area contributed by atoms with Gasteiger partial charge >= 0.3 is 0 Å². The van der Waals surface area contributed by atoms with Gasteiger partial charge in [0, 0.05) is 0 Å². The van der Waals surface area contributed by atoms with Crippen molar-refractivity contribution < 1.29 is 14.2 Å². The molecule has 0 amide bonds. The van der Waals surface area contributed by atoms with Crippen LogP contribution in [0.3, 0.4) is 0 Å². The Morgan fingerprint density at radius 2 is 1.04 bits per heavy atom. The van der Waals surface area contributed by atoms with Crippen molar-refractivity contribution in [1.29, 1.82) is 0 Å². The van der Waals surface area contributed by atoms with Gasteiger partial charge in [0.2, 0.25) is 0 Å². The molecule has 0 aliphatic carbocycles. The molecule has 0 aromatic carbocycles. The molecule has 0 aromatic heterocycles. The number of epoxide rings is 2. The van der Waals surface area contributed by atoms with Crippen molar-refractivity contribution in [1.82, 2.24) is 0 Å². The molecule has 3 nitrogen and oxygen atoms in total. The highest BCUT2D eigenvalue weighted by Crippen LogP contribution is 2.39. The summed E-state index contributed by atoms with van der Waals surface area (Å²) in [6, 6.07) is 0. The molecule has 2 aliphatic heterocycles. The number of rotatable bonds is 12. The van der Waals surface area contributed by atoms with E-state index in [2.05, 4.69) is 55.4 Å². The van der Waals surface area contributed by atoms with Gasteiger partial charge in [-0.05, 0) is 48.3 Å². The number of hydrogen-bond donors (Lipinski definition) is 0. The second-order valence-electron chi connectivity index (χ2n) is 10.9. The Balaban J connectivity index is 1.97.